The van der Waals surface area contributed by atoms with Gasteiger partial charge in [0, 0.05) is 12.4 Å². The maximum absolute atomic E-state index is 12.7. The number of aryl methyl sites for hydroxylation is 1. The first-order valence-corrected chi connectivity index (χ1v) is 10.00. The Kier molecular flexibility index (Phi) is 5.52. The van der Waals surface area contributed by atoms with Crippen molar-refractivity contribution < 1.29 is 9.53 Å². The summed E-state index contributed by atoms with van der Waals surface area (Å²) in [7, 11) is 0. The van der Waals surface area contributed by atoms with E-state index in [1.807, 2.05) is 25.1 Å². The molecule has 0 radical (unpaired) electrons. The Morgan fingerprint density at radius 3 is 2.67 bits per heavy atom. The van der Waals surface area contributed by atoms with Gasteiger partial charge in [-0.25, -0.2) is 0 Å². The normalized spacial score (nSPS) is 14.9. The first-order chi connectivity index (χ1) is 14.6. The van der Waals surface area contributed by atoms with Gasteiger partial charge in [-0.3, -0.25) is 23.5 Å². The number of rotatable bonds is 6. The fourth-order valence-electron chi connectivity index (χ4n) is 3.86. The molecule has 0 fully saturated rings. The van der Waals surface area contributed by atoms with E-state index >= 15 is 0 Å². The van der Waals surface area contributed by atoms with E-state index in [0.29, 0.717) is 18.0 Å². The fraction of sp³-hybridized carbons (Fsp3) is 0.261. The second kappa shape index (κ2) is 8.41. The summed E-state index contributed by atoms with van der Waals surface area (Å²) in [5.74, 6) is 0.211. The molecule has 3 aromatic rings. The first-order valence-electron chi connectivity index (χ1n) is 10.00. The van der Waals surface area contributed by atoms with Gasteiger partial charge in [-0.15, -0.1) is 0 Å². The van der Waals surface area contributed by atoms with E-state index in [0.717, 1.165) is 23.0 Å². The standard InChI is InChI=1S/C23H23N3O4/c1-2-30-20-10-6-5-9-19(20)26-14-13-25(22(28)23(26)29)15-21(27)24-18-12-11-16-7-3-4-8-17(16)18/h3-10,13-14,18H,2,11-12,15H2,1H3,(H,24,27)/t18-/m0/s1. The highest BCUT2D eigenvalue weighted by atomic mass is 16.5. The Morgan fingerprint density at radius 2 is 1.83 bits per heavy atom. The molecule has 1 heterocycles. The van der Waals surface area contributed by atoms with Crippen LogP contribution in [0.5, 0.6) is 5.75 Å². The highest BCUT2D eigenvalue weighted by molar-refractivity contribution is 5.76. The zero-order chi connectivity index (χ0) is 21.1. The molecule has 0 saturated carbocycles. The number of fused-ring (bicyclic) bond motifs is 1. The summed E-state index contributed by atoms with van der Waals surface area (Å²) >= 11 is 0. The van der Waals surface area contributed by atoms with Crippen LogP contribution in [0.4, 0.5) is 0 Å². The third kappa shape index (κ3) is 3.78. The van der Waals surface area contributed by atoms with E-state index in [4.69, 9.17) is 4.74 Å². The number of aromatic nitrogens is 2. The quantitative estimate of drug-likeness (QED) is 0.638. The molecule has 7 nitrogen and oxygen atoms in total. The van der Waals surface area contributed by atoms with Gasteiger partial charge in [0.25, 0.3) is 0 Å². The second-order valence-electron chi connectivity index (χ2n) is 7.16. The summed E-state index contributed by atoms with van der Waals surface area (Å²) in [6.07, 6.45) is 4.68. The highest BCUT2D eigenvalue weighted by Gasteiger charge is 2.23. The molecule has 4 rings (SSSR count). The highest BCUT2D eigenvalue weighted by Crippen LogP contribution is 2.30. The van der Waals surface area contributed by atoms with Gasteiger partial charge in [0.2, 0.25) is 5.91 Å². The van der Waals surface area contributed by atoms with E-state index < -0.39 is 11.1 Å². The van der Waals surface area contributed by atoms with Crippen molar-refractivity contribution in [1.82, 2.24) is 14.5 Å². The van der Waals surface area contributed by atoms with Crippen molar-refractivity contribution in [2.45, 2.75) is 32.4 Å². The van der Waals surface area contributed by atoms with Crippen molar-refractivity contribution in [3.63, 3.8) is 0 Å². The number of ether oxygens (including phenoxy) is 1. The number of carbonyl (C=O) groups is 1. The molecule has 0 bridgehead atoms. The molecule has 1 atom stereocenters. The van der Waals surface area contributed by atoms with Gasteiger partial charge in [0.1, 0.15) is 12.3 Å². The fourth-order valence-corrected chi connectivity index (χ4v) is 3.86. The Bertz CT molecular complexity index is 1200. The molecule has 154 valence electrons. The molecular formula is C23H23N3O4. The van der Waals surface area contributed by atoms with Gasteiger partial charge in [-0.1, -0.05) is 36.4 Å². The SMILES string of the molecule is CCOc1ccccc1-n1ccn(CC(=O)N[C@H]2CCc3ccccc32)c(=O)c1=O. The maximum Gasteiger partial charge on any atom is 0.321 e. The lowest BCUT2D eigenvalue weighted by Crippen LogP contribution is -2.43. The molecule has 0 spiro atoms. The molecular weight excluding hydrogens is 382 g/mol. The Balaban J connectivity index is 1.54. The van der Waals surface area contributed by atoms with Crippen molar-refractivity contribution in [3.05, 3.63) is 92.8 Å². The predicted octanol–water partition coefficient (Wildman–Crippen LogP) is 2.20. The first kappa shape index (κ1) is 19.7. The van der Waals surface area contributed by atoms with Crippen molar-refractivity contribution >= 4 is 5.91 Å². The molecule has 1 aliphatic carbocycles. The van der Waals surface area contributed by atoms with Crippen molar-refractivity contribution in [2.24, 2.45) is 0 Å². The summed E-state index contributed by atoms with van der Waals surface area (Å²) in [6.45, 7) is 2.08. The molecule has 0 unspecified atom stereocenters. The zero-order valence-corrected chi connectivity index (χ0v) is 16.7. The van der Waals surface area contributed by atoms with E-state index in [1.54, 1.807) is 24.3 Å². The van der Waals surface area contributed by atoms with Gasteiger partial charge in [-0.05, 0) is 43.0 Å². The summed E-state index contributed by atoms with van der Waals surface area (Å²) < 4.78 is 7.93. The molecule has 1 amide bonds. The van der Waals surface area contributed by atoms with Crippen molar-refractivity contribution in [2.75, 3.05) is 6.61 Å². The molecule has 1 aliphatic rings. The monoisotopic (exact) mass is 405 g/mol. The molecule has 30 heavy (non-hydrogen) atoms. The lowest BCUT2D eigenvalue weighted by molar-refractivity contribution is -0.122. The Hall–Kier alpha value is -3.61. The van der Waals surface area contributed by atoms with E-state index in [-0.39, 0.29) is 18.5 Å². The predicted molar refractivity (Wildman–Crippen MR) is 113 cm³/mol. The van der Waals surface area contributed by atoms with Crippen LogP contribution in [0.1, 0.15) is 30.5 Å². The van der Waals surface area contributed by atoms with Crippen LogP contribution in [-0.2, 0) is 17.8 Å². The molecule has 0 saturated heterocycles. The Labute approximate surface area is 173 Å². The van der Waals surface area contributed by atoms with Gasteiger partial charge in [0.05, 0.1) is 18.3 Å². The third-order valence-corrected chi connectivity index (χ3v) is 5.26. The van der Waals surface area contributed by atoms with Gasteiger partial charge in [0.15, 0.2) is 0 Å². The Morgan fingerprint density at radius 1 is 1.07 bits per heavy atom. The summed E-state index contributed by atoms with van der Waals surface area (Å²) in [5.41, 5.74) is 1.34. The van der Waals surface area contributed by atoms with E-state index in [1.165, 1.54) is 22.5 Å². The van der Waals surface area contributed by atoms with Gasteiger partial charge < -0.3 is 10.1 Å². The van der Waals surface area contributed by atoms with Crippen LogP contribution < -0.4 is 21.2 Å². The van der Waals surface area contributed by atoms with Crippen LogP contribution in [0, 0.1) is 0 Å². The van der Waals surface area contributed by atoms with Crippen LogP contribution in [-0.4, -0.2) is 21.6 Å². The van der Waals surface area contributed by atoms with E-state index in [9.17, 15) is 14.4 Å². The maximum atomic E-state index is 12.7. The number of amides is 1. The van der Waals surface area contributed by atoms with Crippen LogP contribution in [0.25, 0.3) is 5.69 Å². The van der Waals surface area contributed by atoms with E-state index in [2.05, 4.69) is 11.4 Å². The minimum Gasteiger partial charge on any atom is -0.492 e. The number of nitrogens with zero attached hydrogens (tertiary/aromatic N) is 2. The third-order valence-electron chi connectivity index (χ3n) is 5.26. The van der Waals surface area contributed by atoms with Crippen LogP contribution in [0.2, 0.25) is 0 Å². The minimum atomic E-state index is -0.759. The zero-order valence-electron chi connectivity index (χ0n) is 16.7. The van der Waals surface area contributed by atoms with Crippen LogP contribution in [0.15, 0.2) is 70.5 Å². The molecule has 7 heteroatoms. The smallest absolute Gasteiger partial charge is 0.321 e. The summed E-state index contributed by atoms with van der Waals surface area (Å²) in [4.78, 5) is 37.8. The number of para-hydroxylation sites is 2. The van der Waals surface area contributed by atoms with Crippen LogP contribution >= 0.6 is 0 Å². The van der Waals surface area contributed by atoms with Gasteiger partial charge >= 0.3 is 11.1 Å². The lowest BCUT2D eigenvalue weighted by atomic mass is 10.1. The molecule has 0 aliphatic heterocycles. The van der Waals surface area contributed by atoms with Gasteiger partial charge in [-0.2, -0.15) is 0 Å². The average Bonchev–Trinajstić information content (AvgIpc) is 3.15. The molecule has 1 aromatic heterocycles. The number of hydrogen-bond acceptors (Lipinski definition) is 4. The van der Waals surface area contributed by atoms with Crippen molar-refractivity contribution in [3.8, 4) is 11.4 Å². The van der Waals surface area contributed by atoms with Crippen LogP contribution in [0.3, 0.4) is 0 Å². The average molecular weight is 405 g/mol. The molecule has 1 N–H and O–H groups in total. The largest absolute Gasteiger partial charge is 0.492 e. The number of hydrogen-bond donors (Lipinski definition) is 1. The summed E-state index contributed by atoms with van der Waals surface area (Å²) in [5, 5.41) is 2.97. The number of carbonyl (C=O) groups excluding carboxylic acids is 1. The lowest BCUT2D eigenvalue weighted by Gasteiger charge is -2.15. The topological polar surface area (TPSA) is 82.3 Å². The molecule has 2 aromatic carbocycles. The van der Waals surface area contributed by atoms with Crippen molar-refractivity contribution in [1.29, 1.82) is 0 Å². The number of nitrogens with one attached hydrogen (secondary N) is 1. The second-order valence-corrected chi connectivity index (χ2v) is 7.16. The minimum absolute atomic E-state index is 0.0668. The number of benzene rings is 2. The summed E-state index contributed by atoms with van der Waals surface area (Å²) in [6, 6.07) is 15.0.